The third-order valence-corrected chi connectivity index (χ3v) is 9.20. The summed E-state index contributed by atoms with van der Waals surface area (Å²) in [6, 6.07) is 47.3. The van der Waals surface area contributed by atoms with Gasteiger partial charge in [0.15, 0.2) is 0 Å². The van der Waals surface area contributed by atoms with Crippen molar-refractivity contribution in [3.8, 4) is 33.6 Å². The molecule has 9 rings (SSSR count). The molecule has 0 unspecified atom stereocenters. The second-order valence-corrected chi connectivity index (χ2v) is 12.7. The Morgan fingerprint density at radius 3 is 2.29 bits per heavy atom. The van der Waals surface area contributed by atoms with Crippen molar-refractivity contribution < 1.29 is 34.1 Å². The first-order valence-corrected chi connectivity index (χ1v) is 17.3. The Labute approximate surface area is 330 Å². The number of fused-ring (bicyclic) bond motifs is 3. The fourth-order valence-corrected chi connectivity index (χ4v) is 6.62. The van der Waals surface area contributed by atoms with E-state index < -0.39 is 19.6 Å². The molecule has 259 valence electrons. The van der Waals surface area contributed by atoms with Crippen molar-refractivity contribution in [2.75, 3.05) is 0 Å². The Bertz CT molecular complexity index is 2680. The fourth-order valence-electron chi connectivity index (χ4n) is 6.62. The average Bonchev–Trinajstić information content (AvgIpc) is 3.94. The first-order valence-electron chi connectivity index (χ1n) is 20.8. The third kappa shape index (κ3) is 8.15. The standard InChI is InChI=1S/C30H26NO.C18H14N.Ir/c1-2-6-21(7-3-1)16-23-10-12-26-27-20-25(11-13-29(27)32-30(26)19-23)28-18-24(14-15-31-28)17-22-8-4-5-9-22;1-14-13-19-18(16-10-6-3-7-11-16)12-17(14)15-8-4-2-5-9-15;/h1-3,6-7,10,12-15,18-20,22H,4-5,8-9,16-17H2;2-10,12-13H,1H3;/q2*-1;/i16D2,17D2;1D3;. The molecule has 1 aliphatic carbocycles. The number of pyridine rings is 2. The largest absolute Gasteiger partial charge is 0.500 e. The number of aryl methyl sites for hydroxylation is 1. The predicted molar refractivity (Wildman–Crippen MR) is 209 cm³/mol. The number of hydrogen-bond acceptors (Lipinski definition) is 3. The summed E-state index contributed by atoms with van der Waals surface area (Å²) in [5, 5.41) is 1.79. The van der Waals surface area contributed by atoms with Gasteiger partial charge in [-0.15, -0.1) is 59.7 Å². The molecule has 0 bridgehead atoms. The van der Waals surface area contributed by atoms with E-state index in [0.717, 1.165) is 53.1 Å². The molecule has 52 heavy (non-hydrogen) atoms. The van der Waals surface area contributed by atoms with Gasteiger partial charge in [0, 0.05) is 47.5 Å². The van der Waals surface area contributed by atoms with Crippen LogP contribution in [-0.4, -0.2) is 9.97 Å². The summed E-state index contributed by atoms with van der Waals surface area (Å²) in [4.78, 5) is 8.83. The smallest absolute Gasteiger partial charge is 0.121 e. The quantitative estimate of drug-likeness (QED) is 0.150. The van der Waals surface area contributed by atoms with E-state index in [1.54, 1.807) is 36.5 Å². The van der Waals surface area contributed by atoms with Crippen molar-refractivity contribution in [2.45, 2.75) is 45.3 Å². The van der Waals surface area contributed by atoms with Gasteiger partial charge in [0.1, 0.15) is 5.58 Å². The Balaban J connectivity index is 0.000000198. The van der Waals surface area contributed by atoms with Crippen molar-refractivity contribution >= 4 is 21.9 Å². The molecule has 1 aliphatic rings. The van der Waals surface area contributed by atoms with Crippen LogP contribution in [0.25, 0.3) is 55.6 Å². The van der Waals surface area contributed by atoms with Crippen LogP contribution in [0.1, 0.15) is 57.5 Å². The molecule has 4 heteroatoms. The van der Waals surface area contributed by atoms with Crippen molar-refractivity contribution in [3.63, 3.8) is 0 Å². The van der Waals surface area contributed by atoms with Crippen LogP contribution in [0.2, 0.25) is 0 Å². The summed E-state index contributed by atoms with van der Waals surface area (Å²) in [7, 11) is 0. The molecular weight excluding hydrogens is 813 g/mol. The summed E-state index contributed by atoms with van der Waals surface area (Å²) in [5.41, 5.74) is 7.92. The summed E-state index contributed by atoms with van der Waals surface area (Å²) in [6.45, 7) is -2.20. The number of hydrogen-bond donors (Lipinski definition) is 0. The maximum Gasteiger partial charge on any atom is 0.121 e. The molecule has 3 nitrogen and oxygen atoms in total. The number of furan rings is 1. The minimum absolute atomic E-state index is 0. The van der Waals surface area contributed by atoms with Crippen molar-refractivity contribution in [1.29, 1.82) is 0 Å². The summed E-state index contributed by atoms with van der Waals surface area (Å²) < 4.78 is 64.1. The molecule has 0 saturated heterocycles. The average molecular weight is 860 g/mol. The Kier molecular flexibility index (Phi) is 8.70. The SMILES string of the molecule is [2H]C([2H])([2H])c1cnc(-c2[c-]cccc2)cc1-c1ccccc1.[2H]C([2H])(c1ccccc1)c1ccc2c(c1)oc1c[c-]c(-c3cc(C([2H])([2H])C4CCCC4)ccn3)cc12.[Ir]. The molecule has 0 spiro atoms. The topological polar surface area (TPSA) is 38.9 Å². The van der Waals surface area contributed by atoms with E-state index in [1.165, 1.54) is 6.20 Å². The molecule has 1 radical (unpaired) electrons. The van der Waals surface area contributed by atoms with Crippen LogP contribution < -0.4 is 0 Å². The molecule has 3 aromatic heterocycles. The van der Waals surface area contributed by atoms with E-state index in [1.807, 2.05) is 103 Å². The fraction of sp³-hybridized carbons (Fsp3) is 0.167. The first-order chi connectivity index (χ1) is 27.9. The molecule has 1 fully saturated rings. The van der Waals surface area contributed by atoms with Gasteiger partial charge >= 0.3 is 0 Å². The van der Waals surface area contributed by atoms with E-state index in [4.69, 9.17) is 14.0 Å². The second kappa shape index (κ2) is 16.5. The molecule has 0 amide bonds. The molecule has 0 atom stereocenters. The first kappa shape index (κ1) is 27.5. The second-order valence-electron chi connectivity index (χ2n) is 12.7. The van der Waals surface area contributed by atoms with Crippen molar-refractivity contribution in [2.24, 2.45) is 5.92 Å². The van der Waals surface area contributed by atoms with Crippen molar-refractivity contribution in [3.05, 3.63) is 180 Å². The van der Waals surface area contributed by atoms with Gasteiger partial charge in [-0.2, -0.15) is 0 Å². The minimum Gasteiger partial charge on any atom is -0.500 e. The monoisotopic (exact) mass is 860 g/mol. The normalized spacial score (nSPS) is 15.5. The van der Waals surface area contributed by atoms with E-state index >= 15 is 0 Å². The molecule has 3 heterocycles. The summed E-state index contributed by atoms with van der Waals surface area (Å²) in [5.74, 6) is 0.0447. The number of aromatic nitrogens is 2. The Morgan fingerprint density at radius 2 is 1.50 bits per heavy atom. The number of rotatable bonds is 7. The Morgan fingerprint density at radius 1 is 0.712 bits per heavy atom. The summed E-state index contributed by atoms with van der Waals surface area (Å²) in [6.07, 6.45) is 4.14. The van der Waals surface area contributed by atoms with Gasteiger partial charge in [0.05, 0.1) is 5.58 Å². The zero-order valence-electron chi connectivity index (χ0n) is 35.4. The van der Waals surface area contributed by atoms with Crippen LogP contribution in [0.5, 0.6) is 0 Å². The van der Waals surface area contributed by atoms with Gasteiger partial charge in [-0.25, -0.2) is 0 Å². The molecule has 1 saturated carbocycles. The van der Waals surface area contributed by atoms with Crippen LogP contribution in [-0.2, 0) is 32.9 Å². The van der Waals surface area contributed by atoms with Gasteiger partial charge < -0.3 is 14.4 Å². The molecule has 5 aromatic carbocycles. The van der Waals surface area contributed by atoms with Crippen LogP contribution in [0.15, 0.2) is 150 Å². The number of benzene rings is 5. The van der Waals surface area contributed by atoms with Gasteiger partial charge in [0.2, 0.25) is 0 Å². The zero-order valence-corrected chi connectivity index (χ0v) is 30.8. The number of nitrogens with zero attached hydrogens (tertiary/aromatic N) is 2. The van der Waals surface area contributed by atoms with Crippen LogP contribution in [0.4, 0.5) is 0 Å². The molecule has 0 aliphatic heterocycles. The minimum atomic E-state index is -2.20. The van der Waals surface area contributed by atoms with Crippen molar-refractivity contribution in [1.82, 2.24) is 9.97 Å². The third-order valence-electron chi connectivity index (χ3n) is 9.20. The van der Waals surface area contributed by atoms with Gasteiger partial charge in [-0.3, -0.25) is 0 Å². The zero-order chi connectivity index (χ0) is 40.5. The predicted octanol–water partition coefficient (Wildman–Crippen LogP) is 12.3. The van der Waals surface area contributed by atoms with Crippen LogP contribution in [0.3, 0.4) is 0 Å². The van der Waals surface area contributed by atoms with E-state index in [2.05, 4.69) is 22.1 Å². The maximum absolute atomic E-state index is 8.75. The van der Waals surface area contributed by atoms with Crippen LogP contribution >= 0.6 is 0 Å². The van der Waals surface area contributed by atoms with Gasteiger partial charge in [-0.1, -0.05) is 122 Å². The van der Waals surface area contributed by atoms with E-state index in [9.17, 15) is 0 Å². The van der Waals surface area contributed by atoms with E-state index in [0.29, 0.717) is 44.8 Å². The molecular formula is C48H40IrN2O-2. The van der Waals surface area contributed by atoms with Crippen LogP contribution in [0, 0.1) is 24.9 Å². The van der Waals surface area contributed by atoms with E-state index in [-0.39, 0.29) is 31.6 Å². The van der Waals surface area contributed by atoms with Gasteiger partial charge in [0.25, 0.3) is 0 Å². The maximum atomic E-state index is 8.75. The van der Waals surface area contributed by atoms with Gasteiger partial charge in [-0.05, 0) is 76.9 Å². The summed E-state index contributed by atoms with van der Waals surface area (Å²) >= 11 is 0. The molecule has 8 aromatic rings. The Hall–Kier alpha value is -5.15. The molecule has 0 N–H and O–H groups in total.